The van der Waals surface area contributed by atoms with Crippen LogP contribution in [0.2, 0.25) is 0 Å². The van der Waals surface area contributed by atoms with Crippen LogP contribution in [0.4, 0.5) is 10.1 Å². The number of carbonyl (C=O) groups excluding carboxylic acids is 1. The second-order valence-corrected chi connectivity index (χ2v) is 8.99. The largest absolute Gasteiger partial charge is 0.497 e. The number of aryl methyl sites for hydroxylation is 2. The molecule has 0 bridgehead atoms. The summed E-state index contributed by atoms with van der Waals surface area (Å²) in [6.45, 7) is 6.33. The van der Waals surface area contributed by atoms with Crippen molar-refractivity contribution in [1.29, 1.82) is 0 Å². The van der Waals surface area contributed by atoms with E-state index in [1.807, 2.05) is 35.8 Å². The van der Waals surface area contributed by atoms with Crippen molar-refractivity contribution in [2.45, 2.75) is 39.9 Å². The normalized spacial score (nSPS) is 13.6. The fourth-order valence-corrected chi connectivity index (χ4v) is 4.89. The molecule has 0 saturated heterocycles. The highest BCUT2D eigenvalue weighted by atomic mass is 19.1. The van der Waals surface area contributed by atoms with Crippen molar-refractivity contribution in [3.63, 3.8) is 0 Å². The number of nitrogens with one attached hydrogen (secondary N) is 1. The summed E-state index contributed by atoms with van der Waals surface area (Å²) < 4.78 is 22.1. The Balaban J connectivity index is 1.47. The number of amides is 1. The maximum atomic E-state index is 13.5. The molecular weight excluding hydrogens is 461 g/mol. The number of hydrogen-bond acceptors (Lipinski definition) is 5. The Hall–Kier alpha value is -3.98. The quantitative estimate of drug-likeness (QED) is 0.446. The zero-order valence-electron chi connectivity index (χ0n) is 20.5. The van der Waals surface area contributed by atoms with Gasteiger partial charge in [0.15, 0.2) is 5.65 Å². The molecule has 5 rings (SSSR count). The Labute approximate surface area is 207 Å². The van der Waals surface area contributed by atoms with E-state index in [1.54, 1.807) is 14.0 Å². The SMILES string of the molecule is CCn1c2c(c(=O)n3ncc(C(=O)Nc4ccc(F)cc4C)c13)CN(Cc1ccc(OC)cc1)CC2. The van der Waals surface area contributed by atoms with Crippen LogP contribution in [0.1, 0.15) is 39.7 Å². The van der Waals surface area contributed by atoms with Gasteiger partial charge in [0.1, 0.15) is 17.1 Å². The molecule has 2 aromatic carbocycles. The van der Waals surface area contributed by atoms with Crippen LogP contribution in [0.15, 0.2) is 53.5 Å². The summed E-state index contributed by atoms with van der Waals surface area (Å²) in [6.07, 6.45) is 2.12. The van der Waals surface area contributed by atoms with E-state index < -0.39 is 5.91 Å². The van der Waals surface area contributed by atoms with E-state index in [1.165, 1.54) is 28.9 Å². The molecule has 3 heterocycles. The minimum atomic E-state index is -0.391. The number of benzene rings is 2. The highest BCUT2D eigenvalue weighted by molar-refractivity contribution is 6.08. The van der Waals surface area contributed by atoms with Crippen LogP contribution in [0.3, 0.4) is 0 Å². The van der Waals surface area contributed by atoms with Crippen molar-refractivity contribution < 1.29 is 13.9 Å². The minimum absolute atomic E-state index is 0.207. The van der Waals surface area contributed by atoms with E-state index in [-0.39, 0.29) is 11.4 Å². The predicted octanol–water partition coefficient (Wildman–Crippen LogP) is 3.78. The van der Waals surface area contributed by atoms with E-state index in [4.69, 9.17) is 4.74 Å². The molecule has 1 aliphatic heterocycles. The molecule has 1 aliphatic rings. The van der Waals surface area contributed by atoms with E-state index in [0.29, 0.717) is 47.5 Å². The molecule has 0 spiro atoms. The molecule has 1 amide bonds. The van der Waals surface area contributed by atoms with Crippen molar-refractivity contribution in [2.24, 2.45) is 0 Å². The minimum Gasteiger partial charge on any atom is -0.497 e. The molecular formula is C27H28FN5O3. The van der Waals surface area contributed by atoms with Gasteiger partial charge in [-0.3, -0.25) is 14.5 Å². The van der Waals surface area contributed by atoms with Crippen molar-refractivity contribution in [3.8, 4) is 5.75 Å². The third-order valence-corrected chi connectivity index (χ3v) is 6.73. The first-order valence-electron chi connectivity index (χ1n) is 11.9. The Bertz CT molecular complexity index is 1510. The standard InChI is InChI=1S/C27H28FN5O3/c1-4-32-24-11-12-31(15-18-5-8-20(36-3)9-6-18)16-22(24)27(35)33-26(32)21(14-29-33)25(34)30-23-10-7-19(28)13-17(23)2/h5-10,13-14H,4,11-12,15-16H2,1-3H3,(H,30,34). The Morgan fingerprint density at radius 3 is 2.67 bits per heavy atom. The van der Waals surface area contributed by atoms with E-state index in [0.717, 1.165) is 30.1 Å². The highest BCUT2D eigenvalue weighted by Crippen LogP contribution is 2.24. The molecule has 2 aromatic heterocycles. The molecule has 0 saturated carbocycles. The summed E-state index contributed by atoms with van der Waals surface area (Å²) >= 11 is 0. The molecule has 0 radical (unpaired) electrons. The lowest BCUT2D eigenvalue weighted by atomic mass is 10.0. The average molecular weight is 490 g/mol. The van der Waals surface area contributed by atoms with Gasteiger partial charge in [-0.15, -0.1) is 0 Å². The number of hydrogen-bond donors (Lipinski definition) is 1. The van der Waals surface area contributed by atoms with Gasteiger partial charge >= 0.3 is 0 Å². The smallest absolute Gasteiger partial charge is 0.279 e. The first kappa shape index (κ1) is 23.7. The number of carbonyl (C=O) groups is 1. The molecule has 0 atom stereocenters. The van der Waals surface area contributed by atoms with Gasteiger partial charge in [0.25, 0.3) is 11.5 Å². The molecule has 186 valence electrons. The van der Waals surface area contributed by atoms with Gasteiger partial charge in [0.2, 0.25) is 0 Å². The van der Waals surface area contributed by atoms with Crippen LogP contribution >= 0.6 is 0 Å². The molecule has 9 heteroatoms. The Kier molecular flexibility index (Phi) is 6.32. The number of fused-ring (bicyclic) bond motifs is 2. The van der Waals surface area contributed by atoms with Crippen LogP contribution in [-0.2, 0) is 26.1 Å². The third-order valence-electron chi connectivity index (χ3n) is 6.73. The van der Waals surface area contributed by atoms with E-state index in [9.17, 15) is 14.0 Å². The number of anilines is 1. The number of halogens is 1. The predicted molar refractivity (Wildman–Crippen MR) is 135 cm³/mol. The average Bonchev–Trinajstić information content (AvgIpc) is 3.32. The van der Waals surface area contributed by atoms with Gasteiger partial charge in [-0.1, -0.05) is 12.1 Å². The van der Waals surface area contributed by atoms with Gasteiger partial charge < -0.3 is 14.6 Å². The maximum Gasteiger partial charge on any atom is 0.279 e. The topological polar surface area (TPSA) is 80.9 Å². The number of methoxy groups -OCH3 is 1. The number of rotatable bonds is 6. The molecule has 8 nitrogen and oxygen atoms in total. The van der Waals surface area contributed by atoms with Crippen LogP contribution in [-0.4, -0.2) is 38.6 Å². The van der Waals surface area contributed by atoms with Crippen LogP contribution in [0.25, 0.3) is 5.65 Å². The zero-order valence-corrected chi connectivity index (χ0v) is 20.5. The fraction of sp³-hybridized carbons (Fsp3) is 0.296. The van der Waals surface area contributed by atoms with Gasteiger partial charge in [-0.2, -0.15) is 9.61 Å². The van der Waals surface area contributed by atoms with Gasteiger partial charge in [0, 0.05) is 44.0 Å². The number of ether oxygens (including phenoxy) is 1. The van der Waals surface area contributed by atoms with Gasteiger partial charge in [0.05, 0.1) is 18.9 Å². The maximum absolute atomic E-state index is 13.5. The summed E-state index contributed by atoms with van der Waals surface area (Å²) in [5, 5.41) is 7.13. The summed E-state index contributed by atoms with van der Waals surface area (Å²) in [6, 6.07) is 12.1. The second kappa shape index (κ2) is 9.58. The summed E-state index contributed by atoms with van der Waals surface area (Å²) in [5.41, 5.74) is 4.48. The summed E-state index contributed by atoms with van der Waals surface area (Å²) in [4.78, 5) is 28.9. The highest BCUT2D eigenvalue weighted by Gasteiger charge is 2.27. The lowest BCUT2D eigenvalue weighted by Crippen LogP contribution is -2.38. The number of nitrogens with zero attached hydrogens (tertiary/aromatic N) is 4. The van der Waals surface area contributed by atoms with Crippen LogP contribution in [0, 0.1) is 12.7 Å². The summed E-state index contributed by atoms with van der Waals surface area (Å²) in [5.74, 6) is 0.0521. The molecule has 1 N–H and O–H groups in total. The lowest BCUT2D eigenvalue weighted by molar-refractivity contribution is 0.102. The third kappa shape index (κ3) is 4.26. The van der Waals surface area contributed by atoms with Crippen LogP contribution in [0.5, 0.6) is 5.75 Å². The van der Waals surface area contributed by atoms with Crippen LogP contribution < -0.4 is 15.6 Å². The lowest BCUT2D eigenvalue weighted by Gasteiger charge is -2.30. The monoisotopic (exact) mass is 489 g/mol. The van der Waals surface area contributed by atoms with Gasteiger partial charge in [-0.05, 0) is 55.3 Å². The first-order chi connectivity index (χ1) is 17.4. The van der Waals surface area contributed by atoms with Crippen molar-refractivity contribution >= 4 is 17.2 Å². The van der Waals surface area contributed by atoms with E-state index in [2.05, 4.69) is 15.3 Å². The van der Waals surface area contributed by atoms with Crippen molar-refractivity contribution in [1.82, 2.24) is 19.1 Å². The van der Waals surface area contributed by atoms with Crippen molar-refractivity contribution in [3.05, 3.63) is 92.8 Å². The molecule has 0 aliphatic carbocycles. The van der Waals surface area contributed by atoms with Crippen molar-refractivity contribution in [2.75, 3.05) is 19.0 Å². The molecule has 0 fully saturated rings. The Morgan fingerprint density at radius 2 is 1.97 bits per heavy atom. The molecule has 0 unspecified atom stereocenters. The zero-order chi connectivity index (χ0) is 25.4. The number of aromatic nitrogens is 3. The first-order valence-corrected chi connectivity index (χ1v) is 11.9. The Morgan fingerprint density at radius 1 is 1.19 bits per heavy atom. The molecule has 4 aromatic rings. The van der Waals surface area contributed by atoms with Gasteiger partial charge in [-0.25, -0.2) is 4.39 Å². The van der Waals surface area contributed by atoms with E-state index >= 15 is 0 Å². The summed E-state index contributed by atoms with van der Waals surface area (Å²) in [7, 11) is 1.64. The molecule has 36 heavy (non-hydrogen) atoms. The second-order valence-electron chi connectivity index (χ2n) is 8.99. The fourth-order valence-electron chi connectivity index (χ4n) is 4.89.